The molecule has 0 saturated carbocycles. The van der Waals surface area contributed by atoms with Gasteiger partial charge >= 0.3 is 0 Å². The Hall–Kier alpha value is -2.89. The molecule has 0 aliphatic heterocycles. The molecule has 6 nitrogen and oxygen atoms in total. The Morgan fingerprint density at radius 1 is 1.30 bits per heavy atom. The minimum absolute atomic E-state index is 0.0884. The number of carbonyl (C=O) groups is 1. The summed E-state index contributed by atoms with van der Waals surface area (Å²) in [5.41, 5.74) is 7.77. The average Bonchev–Trinajstić information content (AvgIpc) is 2.89. The molecule has 0 aliphatic carbocycles. The van der Waals surface area contributed by atoms with Crippen molar-refractivity contribution in [2.45, 2.75) is 0 Å². The van der Waals surface area contributed by atoms with Crippen molar-refractivity contribution in [1.82, 2.24) is 15.0 Å². The van der Waals surface area contributed by atoms with E-state index in [0.29, 0.717) is 17.1 Å². The van der Waals surface area contributed by atoms with Gasteiger partial charge in [0.1, 0.15) is 5.82 Å². The van der Waals surface area contributed by atoms with Gasteiger partial charge in [0.05, 0.1) is 23.7 Å². The third-order valence-corrected chi connectivity index (χ3v) is 2.99. The summed E-state index contributed by atoms with van der Waals surface area (Å²) < 4.78 is 5.26. The van der Waals surface area contributed by atoms with Crippen molar-refractivity contribution >= 4 is 16.9 Å². The van der Waals surface area contributed by atoms with Crippen LogP contribution in [0.1, 0.15) is 10.5 Å². The van der Waals surface area contributed by atoms with Gasteiger partial charge < -0.3 is 15.5 Å². The maximum atomic E-state index is 11.4. The number of hydrogen-bond donors (Lipinski definition) is 2. The zero-order chi connectivity index (χ0) is 14.1. The average molecular weight is 268 g/mol. The molecule has 3 aromatic rings. The zero-order valence-electron chi connectivity index (χ0n) is 10.8. The summed E-state index contributed by atoms with van der Waals surface area (Å²) in [6, 6.07) is 9.38. The minimum atomic E-state index is -0.639. The number of ether oxygens (including phenoxy) is 1. The maximum absolute atomic E-state index is 11.4. The number of amides is 1. The van der Waals surface area contributed by atoms with Crippen LogP contribution in [0, 0.1) is 0 Å². The molecule has 0 bridgehead atoms. The fourth-order valence-electron chi connectivity index (χ4n) is 2.10. The molecule has 2 heterocycles. The van der Waals surface area contributed by atoms with Gasteiger partial charge in [0.15, 0.2) is 11.4 Å². The summed E-state index contributed by atoms with van der Waals surface area (Å²) >= 11 is 0. The van der Waals surface area contributed by atoms with E-state index in [1.54, 1.807) is 6.07 Å². The topological polar surface area (TPSA) is 93.9 Å². The number of para-hydroxylation sites is 2. The minimum Gasteiger partial charge on any atom is -0.493 e. The second-order valence-corrected chi connectivity index (χ2v) is 4.21. The number of nitrogens with zero attached hydrogens (tertiary/aromatic N) is 2. The van der Waals surface area contributed by atoms with Crippen molar-refractivity contribution in [3.05, 3.63) is 42.2 Å². The highest BCUT2D eigenvalue weighted by Crippen LogP contribution is 2.31. The molecule has 100 valence electrons. The molecule has 2 aromatic heterocycles. The molecule has 0 atom stereocenters. The first-order chi connectivity index (χ1) is 9.70. The number of primary amides is 1. The van der Waals surface area contributed by atoms with Crippen molar-refractivity contribution in [2.75, 3.05) is 7.11 Å². The number of pyridine rings is 1. The number of methoxy groups -OCH3 is 1. The highest BCUT2D eigenvalue weighted by molar-refractivity contribution is 5.96. The molecule has 0 radical (unpaired) electrons. The van der Waals surface area contributed by atoms with Crippen LogP contribution in [0.25, 0.3) is 22.4 Å². The van der Waals surface area contributed by atoms with E-state index < -0.39 is 5.91 Å². The molecule has 0 saturated heterocycles. The predicted octanol–water partition coefficient (Wildman–Crippen LogP) is 1.73. The summed E-state index contributed by atoms with van der Waals surface area (Å²) in [6.07, 6.45) is 1.51. The number of imidazole rings is 1. The van der Waals surface area contributed by atoms with E-state index in [1.807, 2.05) is 24.3 Å². The van der Waals surface area contributed by atoms with Gasteiger partial charge in [0, 0.05) is 6.20 Å². The van der Waals surface area contributed by atoms with Gasteiger partial charge in [-0.2, -0.15) is 0 Å². The van der Waals surface area contributed by atoms with Crippen LogP contribution in [0.15, 0.2) is 36.5 Å². The van der Waals surface area contributed by atoms with Crippen molar-refractivity contribution in [1.29, 1.82) is 0 Å². The molecule has 20 heavy (non-hydrogen) atoms. The van der Waals surface area contributed by atoms with Gasteiger partial charge in [-0.3, -0.25) is 4.79 Å². The Morgan fingerprint density at radius 2 is 2.10 bits per heavy atom. The standard InChI is InChI=1S/C14H12N4O2/c1-20-12-8(6-7-16-11(12)13(15)19)14-17-9-4-2-3-5-10(9)18-14/h2-7H,1H3,(H2,15,19)(H,17,18). The summed E-state index contributed by atoms with van der Waals surface area (Å²) in [7, 11) is 1.47. The monoisotopic (exact) mass is 268 g/mol. The number of hydrogen-bond acceptors (Lipinski definition) is 4. The van der Waals surface area contributed by atoms with Crippen LogP contribution in [0.5, 0.6) is 5.75 Å². The quantitative estimate of drug-likeness (QED) is 0.756. The van der Waals surface area contributed by atoms with E-state index in [9.17, 15) is 4.79 Å². The van der Waals surface area contributed by atoms with Gasteiger partial charge in [0.2, 0.25) is 0 Å². The van der Waals surface area contributed by atoms with Gasteiger partial charge in [-0.05, 0) is 18.2 Å². The molecule has 3 rings (SSSR count). The Balaban J connectivity index is 2.23. The van der Waals surface area contributed by atoms with Gasteiger partial charge in [-0.1, -0.05) is 12.1 Å². The fourth-order valence-corrected chi connectivity index (χ4v) is 2.10. The first-order valence-corrected chi connectivity index (χ1v) is 5.98. The van der Waals surface area contributed by atoms with Crippen molar-refractivity contribution in [2.24, 2.45) is 5.73 Å². The smallest absolute Gasteiger partial charge is 0.271 e. The normalized spacial score (nSPS) is 10.7. The predicted molar refractivity (Wildman–Crippen MR) is 74.4 cm³/mol. The first kappa shape index (κ1) is 12.2. The van der Waals surface area contributed by atoms with E-state index in [4.69, 9.17) is 10.5 Å². The van der Waals surface area contributed by atoms with Crippen molar-refractivity contribution in [3.8, 4) is 17.1 Å². The Labute approximate surface area is 114 Å². The molecule has 1 aromatic carbocycles. The molecule has 0 spiro atoms. The van der Waals surface area contributed by atoms with Crippen LogP contribution < -0.4 is 10.5 Å². The molecular formula is C14H12N4O2. The third kappa shape index (κ3) is 1.87. The van der Waals surface area contributed by atoms with Crippen LogP contribution in [0.2, 0.25) is 0 Å². The van der Waals surface area contributed by atoms with Crippen LogP contribution in [-0.4, -0.2) is 28.0 Å². The molecule has 0 unspecified atom stereocenters. The first-order valence-electron chi connectivity index (χ1n) is 5.98. The lowest BCUT2D eigenvalue weighted by atomic mass is 10.2. The number of fused-ring (bicyclic) bond motifs is 1. The SMILES string of the molecule is COc1c(-c2nc3ccccc3[nH]2)ccnc1C(N)=O. The summed E-state index contributed by atoms with van der Waals surface area (Å²) in [5, 5.41) is 0. The zero-order valence-corrected chi connectivity index (χ0v) is 10.8. The highest BCUT2D eigenvalue weighted by atomic mass is 16.5. The molecule has 0 fully saturated rings. The summed E-state index contributed by atoms with van der Waals surface area (Å²) in [5.74, 6) is 0.284. The summed E-state index contributed by atoms with van der Waals surface area (Å²) in [4.78, 5) is 23.0. The number of nitrogens with one attached hydrogen (secondary N) is 1. The molecule has 6 heteroatoms. The number of rotatable bonds is 3. The lowest BCUT2D eigenvalue weighted by molar-refractivity contribution is 0.0992. The van der Waals surface area contributed by atoms with Crippen molar-refractivity contribution in [3.63, 3.8) is 0 Å². The van der Waals surface area contributed by atoms with Gasteiger partial charge in [-0.25, -0.2) is 9.97 Å². The number of benzene rings is 1. The van der Waals surface area contributed by atoms with E-state index >= 15 is 0 Å². The van der Waals surface area contributed by atoms with E-state index in [-0.39, 0.29) is 5.69 Å². The van der Waals surface area contributed by atoms with Crippen LogP contribution >= 0.6 is 0 Å². The van der Waals surface area contributed by atoms with E-state index in [0.717, 1.165) is 11.0 Å². The Bertz CT molecular complexity index is 762. The molecule has 3 N–H and O–H groups in total. The maximum Gasteiger partial charge on any atom is 0.271 e. The molecule has 0 aliphatic rings. The number of aromatic nitrogens is 3. The molecule has 1 amide bonds. The van der Waals surface area contributed by atoms with Crippen molar-refractivity contribution < 1.29 is 9.53 Å². The van der Waals surface area contributed by atoms with E-state index in [1.165, 1.54) is 13.3 Å². The number of nitrogens with two attached hydrogens (primary N) is 1. The summed E-state index contributed by atoms with van der Waals surface area (Å²) in [6.45, 7) is 0. The Morgan fingerprint density at radius 3 is 2.80 bits per heavy atom. The van der Waals surface area contributed by atoms with E-state index in [2.05, 4.69) is 15.0 Å². The van der Waals surface area contributed by atoms with Crippen LogP contribution in [0.4, 0.5) is 0 Å². The Kier molecular flexibility index (Phi) is 2.83. The number of aromatic amines is 1. The number of H-pyrrole nitrogens is 1. The number of carbonyl (C=O) groups excluding carboxylic acids is 1. The van der Waals surface area contributed by atoms with Gasteiger partial charge in [0.25, 0.3) is 5.91 Å². The largest absolute Gasteiger partial charge is 0.493 e. The lowest BCUT2D eigenvalue weighted by Gasteiger charge is -2.08. The second kappa shape index (κ2) is 4.65. The second-order valence-electron chi connectivity index (χ2n) is 4.21. The van der Waals surface area contributed by atoms with Gasteiger partial charge in [-0.15, -0.1) is 0 Å². The third-order valence-electron chi connectivity index (χ3n) is 2.99. The van der Waals surface area contributed by atoms with Crippen LogP contribution in [-0.2, 0) is 0 Å². The lowest BCUT2D eigenvalue weighted by Crippen LogP contribution is -2.15. The fraction of sp³-hybridized carbons (Fsp3) is 0.0714. The highest BCUT2D eigenvalue weighted by Gasteiger charge is 2.18. The van der Waals surface area contributed by atoms with Crippen LogP contribution in [0.3, 0.4) is 0 Å². The molecular weight excluding hydrogens is 256 g/mol.